The fourth-order valence-electron chi connectivity index (χ4n) is 0.757. The summed E-state index contributed by atoms with van der Waals surface area (Å²) >= 11 is 0. The van der Waals surface area contributed by atoms with Crippen LogP contribution in [0.2, 0.25) is 0 Å². The molecule has 0 bridgehead atoms. The summed E-state index contributed by atoms with van der Waals surface area (Å²) in [5.41, 5.74) is 6.43. The Labute approximate surface area is 52.9 Å². The first-order chi connectivity index (χ1) is 4.29. The van der Waals surface area contributed by atoms with Gasteiger partial charge in [0, 0.05) is 6.42 Å². The summed E-state index contributed by atoms with van der Waals surface area (Å²) in [6, 6.07) is 0. The van der Waals surface area contributed by atoms with Crippen LogP contribution in [0.1, 0.15) is 6.42 Å². The average molecular weight is 130 g/mol. The maximum atomic E-state index is 9.99. The van der Waals surface area contributed by atoms with E-state index in [-0.39, 0.29) is 6.10 Å². The Kier molecular flexibility index (Phi) is 1.89. The molecule has 1 amide bonds. The molecular formula is C5H8NO3. The van der Waals surface area contributed by atoms with Crippen LogP contribution in [-0.2, 0) is 9.47 Å². The molecule has 1 unspecified atom stereocenters. The average Bonchev–Trinajstić information content (AvgIpc) is 2.15. The first-order valence-corrected chi connectivity index (χ1v) is 2.79. The van der Waals surface area contributed by atoms with Gasteiger partial charge in [-0.2, -0.15) is 0 Å². The van der Waals surface area contributed by atoms with Gasteiger partial charge in [-0.25, -0.2) is 10.5 Å². The highest BCUT2D eigenvalue weighted by molar-refractivity contribution is 5.63. The lowest BCUT2D eigenvalue weighted by atomic mass is 10.3. The van der Waals surface area contributed by atoms with E-state index >= 15 is 0 Å². The van der Waals surface area contributed by atoms with Gasteiger partial charge in [-0.05, 0) is 0 Å². The summed E-state index contributed by atoms with van der Waals surface area (Å²) in [5.74, 6) is 0. The largest absolute Gasteiger partial charge is 0.442 e. The van der Waals surface area contributed by atoms with Crippen molar-refractivity contribution in [3.8, 4) is 0 Å². The molecule has 1 atom stereocenters. The molecule has 1 aliphatic heterocycles. The molecule has 1 N–H and O–H groups in total. The van der Waals surface area contributed by atoms with Gasteiger partial charge in [0.05, 0.1) is 13.2 Å². The normalized spacial score (nSPS) is 26.0. The SMILES string of the molecule is [NH]C(=O)OC1CCOC1. The Hall–Kier alpha value is -0.770. The maximum Gasteiger partial charge on any atom is 0.426 e. The zero-order valence-electron chi connectivity index (χ0n) is 4.92. The summed E-state index contributed by atoms with van der Waals surface area (Å²) in [6.45, 7) is 1.09. The molecule has 0 saturated carbocycles. The van der Waals surface area contributed by atoms with Gasteiger partial charge in [-0.15, -0.1) is 0 Å². The van der Waals surface area contributed by atoms with Crippen LogP contribution in [0, 0.1) is 0 Å². The van der Waals surface area contributed by atoms with Gasteiger partial charge in [0.15, 0.2) is 0 Å². The molecule has 0 aliphatic carbocycles. The first kappa shape index (κ1) is 6.35. The van der Waals surface area contributed by atoms with Gasteiger partial charge in [0.25, 0.3) is 0 Å². The third-order valence-electron chi connectivity index (χ3n) is 1.16. The number of amides is 1. The van der Waals surface area contributed by atoms with Crippen LogP contribution >= 0.6 is 0 Å². The van der Waals surface area contributed by atoms with Gasteiger partial charge in [0.2, 0.25) is 0 Å². The molecule has 0 aromatic heterocycles. The van der Waals surface area contributed by atoms with Gasteiger partial charge < -0.3 is 9.47 Å². The zero-order chi connectivity index (χ0) is 6.69. The Morgan fingerprint density at radius 3 is 3.00 bits per heavy atom. The van der Waals surface area contributed by atoms with Crippen molar-refractivity contribution in [2.75, 3.05) is 13.2 Å². The molecule has 1 rings (SSSR count). The van der Waals surface area contributed by atoms with Crippen molar-refractivity contribution in [1.82, 2.24) is 5.73 Å². The predicted octanol–water partition coefficient (Wildman–Crippen LogP) is 0.195. The number of hydrogen-bond acceptors (Lipinski definition) is 3. The van der Waals surface area contributed by atoms with Crippen LogP contribution in [-0.4, -0.2) is 25.4 Å². The molecule has 0 aromatic carbocycles. The molecule has 9 heavy (non-hydrogen) atoms. The Bertz CT molecular complexity index is 109. The zero-order valence-corrected chi connectivity index (χ0v) is 4.92. The van der Waals surface area contributed by atoms with E-state index in [2.05, 4.69) is 4.74 Å². The third kappa shape index (κ3) is 1.89. The summed E-state index contributed by atoms with van der Waals surface area (Å²) < 4.78 is 9.41. The van der Waals surface area contributed by atoms with Crippen LogP contribution in [0.25, 0.3) is 0 Å². The topological polar surface area (TPSA) is 59.3 Å². The summed E-state index contributed by atoms with van der Waals surface area (Å²) in [7, 11) is 0. The van der Waals surface area contributed by atoms with Gasteiger partial charge >= 0.3 is 6.09 Å². The van der Waals surface area contributed by atoms with Crippen LogP contribution in [0.5, 0.6) is 0 Å². The van der Waals surface area contributed by atoms with Crippen molar-refractivity contribution in [2.45, 2.75) is 12.5 Å². The molecule has 1 aliphatic rings. The number of nitrogens with one attached hydrogen (secondary N) is 1. The molecule has 1 fully saturated rings. The second kappa shape index (κ2) is 2.68. The molecule has 1 saturated heterocycles. The van der Waals surface area contributed by atoms with Crippen molar-refractivity contribution in [2.24, 2.45) is 0 Å². The van der Waals surface area contributed by atoms with Crippen molar-refractivity contribution >= 4 is 6.09 Å². The van der Waals surface area contributed by atoms with E-state index in [1.54, 1.807) is 0 Å². The molecule has 1 heterocycles. The van der Waals surface area contributed by atoms with E-state index in [0.29, 0.717) is 13.2 Å². The molecule has 0 aromatic rings. The van der Waals surface area contributed by atoms with Crippen LogP contribution < -0.4 is 5.73 Å². The Morgan fingerprint density at radius 1 is 1.78 bits per heavy atom. The number of hydrogen-bond donors (Lipinski definition) is 0. The third-order valence-corrected chi connectivity index (χ3v) is 1.16. The lowest BCUT2D eigenvalue weighted by Crippen LogP contribution is -2.16. The fourth-order valence-corrected chi connectivity index (χ4v) is 0.757. The van der Waals surface area contributed by atoms with Crippen molar-refractivity contribution in [1.29, 1.82) is 0 Å². The van der Waals surface area contributed by atoms with E-state index in [0.717, 1.165) is 6.42 Å². The standard InChI is InChI=1S/C5H8NO3/c6-5(7)9-4-1-2-8-3-4/h4,6H,1-3H2. The van der Waals surface area contributed by atoms with Crippen molar-refractivity contribution in [3.63, 3.8) is 0 Å². The fraction of sp³-hybridized carbons (Fsp3) is 0.800. The Balaban J connectivity index is 2.19. The lowest BCUT2D eigenvalue weighted by molar-refractivity contribution is 0.0888. The monoisotopic (exact) mass is 130 g/mol. The van der Waals surface area contributed by atoms with E-state index in [4.69, 9.17) is 10.5 Å². The van der Waals surface area contributed by atoms with Gasteiger partial charge in [0.1, 0.15) is 6.10 Å². The van der Waals surface area contributed by atoms with Crippen LogP contribution in [0.15, 0.2) is 0 Å². The number of carbonyl (C=O) groups excluding carboxylic acids is 1. The maximum absolute atomic E-state index is 9.99. The van der Waals surface area contributed by atoms with Crippen molar-refractivity contribution < 1.29 is 14.3 Å². The van der Waals surface area contributed by atoms with E-state index in [9.17, 15) is 4.79 Å². The van der Waals surface area contributed by atoms with Crippen molar-refractivity contribution in [3.05, 3.63) is 0 Å². The lowest BCUT2D eigenvalue weighted by Gasteiger charge is -2.04. The minimum absolute atomic E-state index is 0.171. The minimum Gasteiger partial charge on any atom is -0.442 e. The molecular weight excluding hydrogens is 122 g/mol. The number of rotatable bonds is 1. The van der Waals surface area contributed by atoms with Gasteiger partial charge in [-0.3, -0.25) is 0 Å². The molecule has 1 radical (unpaired) electrons. The molecule has 51 valence electrons. The summed E-state index contributed by atoms with van der Waals surface area (Å²) in [4.78, 5) is 9.99. The Morgan fingerprint density at radius 2 is 2.56 bits per heavy atom. The van der Waals surface area contributed by atoms with E-state index in [1.807, 2.05) is 0 Å². The number of carbonyl (C=O) groups is 1. The predicted molar refractivity (Wildman–Crippen MR) is 28.8 cm³/mol. The van der Waals surface area contributed by atoms with Crippen LogP contribution in [0.4, 0.5) is 4.79 Å². The molecule has 0 spiro atoms. The molecule has 4 nitrogen and oxygen atoms in total. The van der Waals surface area contributed by atoms with E-state index in [1.165, 1.54) is 0 Å². The van der Waals surface area contributed by atoms with E-state index < -0.39 is 6.09 Å². The quantitative estimate of drug-likeness (QED) is 0.509. The second-order valence-electron chi connectivity index (χ2n) is 1.89. The highest BCUT2D eigenvalue weighted by Gasteiger charge is 2.18. The highest BCUT2D eigenvalue weighted by Crippen LogP contribution is 2.07. The highest BCUT2D eigenvalue weighted by atomic mass is 16.6. The van der Waals surface area contributed by atoms with Gasteiger partial charge in [-0.1, -0.05) is 0 Å². The number of ether oxygens (including phenoxy) is 2. The summed E-state index contributed by atoms with van der Waals surface area (Å²) in [5, 5.41) is 0. The second-order valence-corrected chi connectivity index (χ2v) is 1.89. The smallest absolute Gasteiger partial charge is 0.426 e. The minimum atomic E-state index is -0.967. The first-order valence-electron chi connectivity index (χ1n) is 2.79. The van der Waals surface area contributed by atoms with Crippen LogP contribution in [0.3, 0.4) is 0 Å². The summed E-state index contributed by atoms with van der Waals surface area (Å²) in [6.07, 6.45) is -0.412. The molecule has 4 heteroatoms.